The molecule has 0 saturated carbocycles. The summed E-state index contributed by atoms with van der Waals surface area (Å²) < 4.78 is 1.72. The van der Waals surface area contributed by atoms with Gasteiger partial charge in [-0.25, -0.2) is 4.98 Å². The van der Waals surface area contributed by atoms with Crippen molar-refractivity contribution in [2.75, 3.05) is 6.54 Å². The standard InChI is InChI=1S/C20H27N3O2S/c1-4-6-7-10-14-23-19(25)16-11-8-9-12-17(16)22-20(23)26-15(3)18(24)21-13-5-2/h5,8-9,11-12,15H,2,4,6-7,10,13-14H2,1,3H3,(H,21,24)/t15-/m1/s1. The molecule has 1 heterocycles. The number of para-hydroxylation sites is 1. The molecular weight excluding hydrogens is 346 g/mol. The Kier molecular flexibility index (Phi) is 7.91. The predicted octanol–water partition coefficient (Wildman–Crippen LogP) is 3.76. The van der Waals surface area contributed by atoms with E-state index < -0.39 is 0 Å². The van der Waals surface area contributed by atoms with Crippen LogP contribution in [-0.4, -0.2) is 27.3 Å². The number of unbranched alkanes of at least 4 members (excludes halogenated alkanes) is 3. The third kappa shape index (κ3) is 5.21. The molecule has 0 aliphatic rings. The normalized spacial score (nSPS) is 12.1. The molecule has 0 unspecified atom stereocenters. The summed E-state index contributed by atoms with van der Waals surface area (Å²) in [5.41, 5.74) is 0.636. The van der Waals surface area contributed by atoms with Crippen molar-refractivity contribution in [1.82, 2.24) is 14.9 Å². The number of nitrogens with one attached hydrogen (secondary N) is 1. The Hall–Kier alpha value is -2.08. The van der Waals surface area contributed by atoms with Crippen LogP contribution in [0.3, 0.4) is 0 Å². The number of hydrogen-bond donors (Lipinski definition) is 1. The number of benzene rings is 1. The monoisotopic (exact) mass is 373 g/mol. The first-order valence-electron chi connectivity index (χ1n) is 9.13. The lowest BCUT2D eigenvalue weighted by Crippen LogP contribution is -2.32. The maximum Gasteiger partial charge on any atom is 0.262 e. The minimum atomic E-state index is -0.343. The van der Waals surface area contributed by atoms with Crippen LogP contribution < -0.4 is 10.9 Å². The van der Waals surface area contributed by atoms with E-state index in [0.29, 0.717) is 29.1 Å². The molecule has 0 aliphatic carbocycles. The first-order valence-corrected chi connectivity index (χ1v) is 10.0. The minimum absolute atomic E-state index is 0.0340. The molecule has 26 heavy (non-hydrogen) atoms. The number of hydrogen-bond acceptors (Lipinski definition) is 4. The molecule has 1 aromatic heterocycles. The van der Waals surface area contributed by atoms with E-state index in [1.165, 1.54) is 11.8 Å². The van der Waals surface area contributed by atoms with Gasteiger partial charge in [0.1, 0.15) is 0 Å². The van der Waals surface area contributed by atoms with Gasteiger partial charge in [0.15, 0.2) is 5.16 Å². The van der Waals surface area contributed by atoms with Crippen molar-refractivity contribution in [3.63, 3.8) is 0 Å². The van der Waals surface area contributed by atoms with Gasteiger partial charge in [0.2, 0.25) is 5.91 Å². The van der Waals surface area contributed by atoms with E-state index in [0.717, 1.165) is 25.7 Å². The van der Waals surface area contributed by atoms with Gasteiger partial charge in [0.05, 0.1) is 16.2 Å². The number of rotatable bonds is 10. The maximum absolute atomic E-state index is 12.9. The summed E-state index contributed by atoms with van der Waals surface area (Å²) in [6, 6.07) is 7.37. The lowest BCUT2D eigenvalue weighted by atomic mass is 10.2. The van der Waals surface area contributed by atoms with Crippen LogP contribution in [0.15, 0.2) is 46.9 Å². The highest BCUT2D eigenvalue weighted by Crippen LogP contribution is 2.23. The summed E-state index contributed by atoms with van der Waals surface area (Å²) in [7, 11) is 0. The van der Waals surface area contributed by atoms with Crippen LogP contribution >= 0.6 is 11.8 Å². The molecule has 2 aromatic rings. The molecule has 0 aliphatic heterocycles. The van der Waals surface area contributed by atoms with Gasteiger partial charge in [-0.05, 0) is 25.5 Å². The average molecular weight is 374 g/mol. The Morgan fingerprint density at radius 3 is 2.85 bits per heavy atom. The van der Waals surface area contributed by atoms with Gasteiger partial charge in [-0.1, -0.05) is 56.2 Å². The second-order valence-electron chi connectivity index (χ2n) is 6.22. The van der Waals surface area contributed by atoms with Gasteiger partial charge >= 0.3 is 0 Å². The molecule has 1 atom stereocenters. The lowest BCUT2D eigenvalue weighted by molar-refractivity contribution is -0.120. The molecule has 5 nitrogen and oxygen atoms in total. The molecular formula is C20H27N3O2S. The van der Waals surface area contributed by atoms with Crippen molar-refractivity contribution in [2.45, 2.75) is 56.5 Å². The molecule has 0 bridgehead atoms. The number of aromatic nitrogens is 2. The van der Waals surface area contributed by atoms with E-state index in [2.05, 4.69) is 23.8 Å². The van der Waals surface area contributed by atoms with Crippen molar-refractivity contribution in [3.05, 3.63) is 47.3 Å². The molecule has 2 rings (SSSR count). The van der Waals surface area contributed by atoms with Crippen LogP contribution in [0.1, 0.15) is 39.5 Å². The fourth-order valence-electron chi connectivity index (χ4n) is 2.66. The topological polar surface area (TPSA) is 64.0 Å². The average Bonchev–Trinajstić information content (AvgIpc) is 2.65. The Morgan fingerprint density at radius 2 is 2.12 bits per heavy atom. The number of amides is 1. The Balaban J connectivity index is 2.30. The Labute approximate surface area is 158 Å². The van der Waals surface area contributed by atoms with Crippen LogP contribution in [-0.2, 0) is 11.3 Å². The molecule has 1 amide bonds. The SMILES string of the molecule is C=CCNC(=O)[C@@H](C)Sc1nc2ccccc2c(=O)n1CCCCCC. The number of carbonyl (C=O) groups is 1. The molecule has 0 spiro atoms. The van der Waals surface area contributed by atoms with Gasteiger partial charge in [-0.15, -0.1) is 6.58 Å². The van der Waals surface area contributed by atoms with Crippen LogP contribution in [0.2, 0.25) is 0 Å². The van der Waals surface area contributed by atoms with E-state index in [1.807, 2.05) is 31.2 Å². The molecule has 0 saturated heterocycles. The van der Waals surface area contributed by atoms with Crippen LogP contribution in [0.25, 0.3) is 10.9 Å². The lowest BCUT2D eigenvalue weighted by Gasteiger charge is -2.16. The van der Waals surface area contributed by atoms with E-state index in [-0.39, 0.29) is 16.7 Å². The number of nitrogens with zero attached hydrogens (tertiary/aromatic N) is 2. The zero-order chi connectivity index (χ0) is 18.9. The van der Waals surface area contributed by atoms with E-state index in [4.69, 9.17) is 0 Å². The van der Waals surface area contributed by atoms with Crippen molar-refractivity contribution < 1.29 is 4.79 Å². The zero-order valence-electron chi connectivity index (χ0n) is 15.5. The molecule has 6 heteroatoms. The van der Waals surface area contributed by atoms with E-state index >= 15 is 0 Å². The zero-order valence-corrected chi connectivity index (χ0v) is 16.3. The number of thioether (sulfide) groups is 1. The fourth-order valence-corrected chi connectivity index (χ4v) is 3.62. The van der Waals surface area contributed by atoms with Crippen molar-refractivity contribution in [3.8, 4) is 0 Å². The Morgan fingerprint density at radius 1 is 1.35 bits per heavy atom. The van der Waals surface area contributed by atoms with Crippen LogP contribution in [0.4, 0.5) is 0 Å². The highest BCUT2D eigenvalue weighted by Gasteiger charge is 2.18. The van der Waals surface area contributed by atoms with Crippen molar-refractivity contribution >= 4 is 28.6 Å². The summed E-state index contributed by atoms with van der Waals surface area (Å²) >= 11 is 1.33. The van der Waals surface area contributed by atoms with Crippen molar-refractivity contribution in [1.29, 1.82) is 0 Å². The molecule has 0 fully saturated rings. The van der Waals surface area contributed by atoms with E-state index in [9.17, 15) is 9.59 Å². The molecule has 0 radical (unpaired) electrons. The fraction of sp³-hybridized carbons (Fsp3) is 0.450. The number of fused-ring (bicyclic) bond motifs is 1. The summed E-state index contributed by atoms with van der Waals surface area (Å²) in [6.07, 6.45) is 5.95. The smallest absolute Gasteiger partial charge is 0.262 e. The summed E-state index contributed by atoms with van der Waals surface area (Å²) in [5, 5.41) is 3.67. The Bertz CT molecular complexity index is 816. The van der Waals surface area contributed by atoms with Crippen LogP contribution in [0, 0.1) is 0 Å². The molecule has 1 N–H and O–H groups in total. The maximum atomic E-state index is 12.9. The summed E-state index contributed by atoms with van der Waals surface area (Å²) in [4.78, 5) is 29.8. The van der Waals surface area contributed by atoms with Gasteiger partial charge in [-0.3, -0.25) is 14.2 Å². The quantitative estimate of drug-likeness (QED) is 0.298. The largest absolute Gasteiger partial charge is 0.352 e. The van der Waals surface area contributed by atoms with Gasteiger partial charge in [0, 0.05) is 13.1 Å². The van der Waals surface area contributed by atoms with Crippen LogP contribution in [0.5, 0.6) is 0 Å². The predicted molar refractivity (Wildman–Crippen MR) is 109 cm³/mol. The second-order valence-corrected chi connectivity index (χ2v) is 7.53. The minimum Gasteiger partial charge on any atom is -0.352 e. The summed E-state index contributed by atoms with van der Waals surface area (Å²) in [5.74, 6) is -0.0881. The summed E-state index contributed by atoms with van der Waals surface area (Å²) in [6.45, 7) is 8.65. The third-order valence-corrected chi connectivity index (χ3v) is 5.22. The van der Waals surface area contributed by atoms with E-state index in [1.54, 1.807) is 10.6 Å². The van der Waals surface area contributed by atoms with Gasteiger partial charge < -0.3 is 5.32 Å². The van der Waals surface area contributed by atoms with Gasteiger partial charge in [-0.2, -0.15) is 0 Å². The first-order chi connectivity index (χ1) is 12.6. The molecule has 1 aromatic carbocycles. The highest BCUT2D eigenvalue weighted by atomic mass is 32.2. The highest BCUT2D eigenvalue weighted by molar-refractivity contribution is 8.00. The van der Waals surface area contributed by atoms with Crippen molar-refractivity contribution in [2.24, 2.45) is 0 Å². The van der Waals surface area contributed by atoms with Gasteiger partial charge in [0.25, 0.3) is 5.56 Å². The first kappa shape index (κ1) is 20.2. The number of carbonyl (C=O) groups excluding carboxylic acids is 1. The third-order valence-electron chi connectivity index (χ3n) is 4.13. The second kappa shape index (κ2) is 10.2. The molecule has 140 valence electrons.